The number of aromatic hydroxyl groups is 1. The van der Waals surface area contributed by atoms with Crippen molar-refractivity contribution in [2.45, 2.75) is 63.9 Å². The summed E-state index contributed by atoms with van der Waals surface area (Å²) < 4.78 is 0. The molecule has 0 spiro atoms. The molecule has 0 unspecified atom stereocenters. The van der Waals surface area contributed by atoms with Crippen LogP contribution in [0.15, 0.2) is 12.1 Å². The molecule has 2 saturated carbocycles. The fraction of sp³-hybridized carbons (Fsp3) is 0.619. The van der Waals surface area contributed by atoms with Gasteiger partial charge in [0.2, 0.25) is 0 Å². The maximum atomic E-state index is 10.5. The molecule has 0 amide bonds. The smallest absolute Gasteiger partial charge is 0.116 e. The van der Waals surface area contributed by atoms with Gasteiger partial charge in [0.25, 0.3) is 0 Å². The normalized spacial score (nSPS) is 38.3. The third-order valence-corrected chi connectivity index (χ3v) is 7.13. The van der Waals surface area contributed by atoms with Crippen LogP contribution in [0, 0.1) is 29.6 Å². The van der Waals surface area contributed by atoms with Crippen molar-refractivity contribution in [3.8, 4) is 18.1 Å². The molecule has 23 heavy (non-hydrogen) atoms. The summed E-state index contributed by atoms with van der Waals surface area (Å²) in [7, 11) is 0. The number of aliphatic hydroxyl groups is 1. The van der Waals surface area contributed by atoms with Gasteiger partial charge in [0.1, 0.15) is 5.75 Å². The average Bonchev–Trinajstić information content (AvgIpc) is 2.82. The second kappa shape index (κ2) is 5.28. The number of benzene rings is 1. The number of aliphatic hydroxyl groups excluding tert-OH is 1. The van der Waals surface area contributed by atoms with Crippen LogP contribution in [0.25, 0.3) is 0 Å². The molecule has 0 heterocycles. The maximum absolute atomic E-state index is 10.5. The molecule has 4 rings (SSSR count). The lowest BCUT2D eigenvalue weighted by Gasteiger charge is -2.50. The molecule has 0 aliphatic heterocycles. The minimum atomic E-state index is -0.125. The first kappa shape index (κ1) is 15.1. The molecule has 2 N–H and O–H groups in total. The highest BCUT2D eigenvalue weighted by Gasteiger charge is 2.54. The number of phenols is 1. The second-order valence-corrected chi connectivity index (χ2v) is 8.11. The fourth-order valence-electron chi connectivity index (χ4n) is 6.04. The van der Waals surface area contributed by atoms with Gasteiger partial charge in [0.15, 0.2) is 0 Å². The summed E-state index contributed by atoms with van der Waals surface area (Å²) >= 11 is 0. The van der Waals surface area contributed by atoms with Crippen molar-refractivity contribution < 1.29 is 10.2 Å². The average molecular weight is 310 g/mol. The summed E-state index contributed by atoms with van der Waals surface area (Å²) in [6, 6.07) is 3.82. The molecule has 0 aromatic heterocycles. The van der Waals surface area contributed by atoms with E-state index in [-0.39, 0.29) is 11.5 Å². The highest BCUT2D eigenvalue weighted by molar-refractivity contribution is 5.47. The van der Waals surface area contributed by atoms with E-state index in [1.165, 1.54) is 17.5 Å². The number of rotatable bonds is 1. The van der Waals surface area contributed by atoms with Crippen LogP contribution in [0.4, 0.5) is 0 Å². The van der Waals surface area contributed by atoms with E-state index in [2.05, 4.69) is 12.8 Å². The Labute approximate surface area is 138 Å². The molecular formula is C21H26O2. The van der Waals surface area contributed by atoms with Gasteiger partial charge in [-0.2, -0.15) is 0 Å². The van der Waals surface area contributed by atoms with E-state index in [4.69, 9.17) is 6.42 Å². The molecule has 1 aromatic rings. The molecule has 0 radical (unpaired) electrons. The van der Waals surface area contributed by atoms with Gasteiger partial charge >= 0.3 is 0 Å². The Kier molecular flexibility index (Phi) is 3.46. The fourth-order valence-corrected chi connectivity index (χ4v) is 6.04. The first-order chi connectivity index (χ1) is 11.0. The van der Waals surface area contributed by atoms with E-state index in [0.717, 1.165) is 37.7 Å². The maximum Gasteiger partial charge on any atom is 0.116 e. The van der Waals surface area contributed by atoms with Gasteiger partial charge < -0.3 is 10.2 Å². The molecule has 1 aromatic carbocycles. The van der Waals surface area contributed by atoms with Gasteiger partial charge in [-0.05, 0) is 90.5 Å². The number of phenolic OH excluding ortho intramolecular Hbond substituents is 1. The van der Waals surface area contributed by atoms with Gasteiger partial charge in [0.05, 0.1) is 6.10 Å². The highest BCUT2D eigenvalue weighted by Crippen LogP contribution is 2.61. The zero-order valence-electron chi connectivity index (χ0n) is 13.9. The van der Waals surface area contributed by atoms with Gasteiger partial charge in [-0.3, -0.25) is 0 Å². The van der Waals surface area contributed by atoms with Crippen molar-refractivity contribution in [2.75, 3.05) is 0 Å². The van der Waals surface area contributed by atoms with Crippen LogP contribution in [0.1, 0.15) is 61.6 Å². The monoisotopic (exact) mass is 310 g/mol. The zero-order valence-corrected chi connectivity index (χ0v) is 13.9. The van der Waals surface area contributed by atoms with Gasteiger partial charge in [-0.1, -0.05) is 6.92 Å². The van der Waals surface area contributed by atoms with Gasteiger partial charge in [0, 0.05) is 6.42 Å². The van der Waals surface area contributed by atoms with E-state index < -0.39 is 0 Å². The molecule has 3 aliphatic carbocycles. The molecule has 0 saturated heterocycles. The van der Waals surface area contributed by atoms with Crippen molar-refractivity contribution in [1.29, 1.82) is 0 Å². The van der Waals surface area contributed by atoms with Gasteiger partial charge in [-0.15, -0.1) is 12.3 Å². The molecule has 2 nitrogen and oxygen atoms in total. The zero-order chi connectivity index (χ0) is 16.2. The molecule has 122 valence electrons. The van der Waals surface area contributed by atoms with Gasteiger partial charge in [-0.25, -0.2) is 0 Å². The standard InChI is InChI=1S/C21H26O2/c1-3-4-13-11-15(22)12-14-5-6-16-17(20(13)14)9-10-21(2)18(16)7-8-19(21)23/h1,11-12,16-19,22-23H,4-10H2,2H3/t16-,17+,18+,19+,21+/m1/s1. The Balaban J connectivity index is 1.76. The molecule has 3 aliphatic rings. The van der Waals surface area contributed by atoms with Crippen LogP contribution >= 0.6 is 0 Å². The lowest BCUT2D eigenvalue weighted by Crippen LogP contribution is -2.44. The Bertz CT molecular complexity index is 671. The minimum absolute atomic E-state index is 0.113. The van der Waals surface area contributed by atoms with Crippen molar-refractivity contribution >= 4 is 0 Å². The van der Waals surface area contributed by atoms with Crippen molar-refractivity contribution in [2.24, 2.45) is 17.3 Å². The van der Waals surface area contributed by atoms with Crippen molar-refractivity contribution in [1.82, 2.24) is 0 Å². The Hall–Kier alpha value is -1.46. The van der Waals surface area contributed by atoms with Crippen LogP contribution in [0.5, 0.6) is 5.75 Å². The second-order valence-electron chi connectivity index (χ2n) is 8.11. The highest BCUT2D eigenvalue weighted by atomic mass is 16.3. The van der Waals surface area contributed by atoms with Crippen LogP contribution in [0.2, 0.25) is 0 Å². The third kappa shape index (κ3) is 2.13. The van der Waals surface area contributed by atoms with Crippen molar-refractivity contribution in [3.05, 3.63) is 28.8 Å². The third-order valence-electron chi connectivity index (χ3n) is 7.13. The quantitative estimate of drug-likeness (QED) is 0.775. The van der Waals surface area contributed by atoms with E-state index in [1.807, 2.05) is 12.1 Å². The largest absolute Gasteiger partial charge is 0.508 e. The number of hydrogen-bond acceptors (Lipinski definition) is 2. The number of aryl methyl sites for hydroxylation is 1. The molecule has 2 fully saturated rings. The number of fused-ring (bicyclic) bond motifs is 5. The van der Waals surface area contributed by atoms with Crippen LogP contribution in [-0.2, 0) is 12.8 Å². The Morgan fingerprint density at radius 2 is 2.09 bits per heavy atom. The summed E-state index contributed by atoms with van der Waals surface area (Å²) in [6.45, 7) is 2.31. The Morgan fingerprint density at radius 3 is 2.87 bits per heavy atom. The van der Waals surface area contributed by atoms with E-state index in [0.29, 0.717) is 29.9 Å². The predicted octanol–water partition coefficient (Wildman–Crippen LogP) is 3.78. The van der Waals surface area contributed by atoms with E-state index >= 15 is 0 Å². The summed E-state index contributed by atoms with van der Waals surface area (Å²) in [6.07, 6.45) is 12.6. The summed E-state index contributed by atoms with van der Waals surface area (Å²) in [5.41, 5.74) is 4.00. The topological polar surface area (TPSA) is 40.5 Å². The first-order valence-electron chi connectivity index (χ1n) is 9.01. The van der Waals surface area contributed by atoms with Crippen LogP contribution in [-0.4, -0.2) is 16.3 Å². The summed E-state index contributed by atoms with van der Waals surface area (Å²) in [5.74, 6) is 4.98. The SMILES string of the molecule is C#CCc1cc(O)cc2c1[C@H]1CC[C@]3(C)[C@@H](O)CC[C@H]3[C@@H]1CC2. The van der Waals surface area contributed by atoms with Crippen molar-refractivity contribution in [3.63, 3.8) is 0 Å². The number of hydrogen-bond donors (Lipinski definition) is 2. The molecule has 5 atom stereocenters. The summed E-state index contributed by atoms with van der Waals surface area (Å²) in [4.78, 5) is 0. The van der Waals surface area contributed by atoms with E-state index in [1.54, 1.807) is 0 Å². The lowest BCUT2D eigenvalue weighted by molar-refractivity contribution is -0.0227. The molecular weight excluding hydrogens is 284 g/mol. The van der Waals surface area contributed by atoms with E-state index in [9.17, 15) is 10.2 Å². The Morgan fingerprint density at radius 1 is 1.26 bits per heavy atom. The minimum Gasteiger partial charge on any atom is -0.508 e. The van der Waals surface area contributed by atoms with Crippen LogP contribution in [0.3, 0.4) is 0 Å². The first-order valence-corrected chi connectivity index (χ1v) is 9.01. The lowest BCUT2D eigenvalue weighted by atomic mass is 9.55. The predicted molar refractivity (Wildman–Crippen MR) is 91.3 cm³/mol. The molecule has 2 heteroatoms. The number of terminal acetylenes is 1. The summed E-state index contributed by atoms with van der Waals surface area (Å²) in [5, 5.41) is 20.5. The molecule has 0 bridgehead atoms. The van der Waals surface area contributed by atoms with Crippen LogP contribution < -0.4 is 0 Å².